The molecular weight excluding hydrogens is 314 g/mol. The summed E-state index contributed by atoms with van der Waals surface area (Å²) in [6.45, 7) is 0.770. The average Bonchev–Trinajstić information content (AvgIpc) is 2.86. The number of hydrogen-bond donors (Lipinski definition) is 1. The number of nitrogens with one attached hydrogen (secondary N) is 1. The van der Waals surface area contributed by atoms with Gasteiger partial charge in [-0.15, -0.1) is 0 Å². The van der Waals surface area contributed by atoms with Gasteiger partial charge in [-0.25, -0.2) is 0 Å². The van der Waals surface area contributed by atoms with E-state index in [1.807, 2.05) is 6.07 Å². The van der Waals surface area contributed by atoms with Crippen LogP contribution in [-0.2, 0) is 11.2 Å². The van der Waals surface area contributed by atoms with Crippen molar-refractivity contribution < 1.29 is 4.74 Å². The first kappa shape index (κ1) is 12.2. The molecule has 2 nitrogen and oxygen atoms in total. The number of aromatic nitrogens is 1. The highest BCUT2D eigenvalue weighted by Crippen LogP contribution is 2.36. The van der Waals surface area contributed by atoms with E-state index in [4.69, 9.17) is 4.74 Å². The normalized spacial score (nSPS) is 18.1. The van der Waals surface area contributed by atoms with Gasteiger partial charge in [-0.3, -0.25) is 0 Å². The molecule has 3 aromatic rings. The molecule has 4 rings (SSSR count). The molecule has 20 heavy (non-hydrogen) atoms. The van der Waals surface area contributed by atoms with Crippen molar-refractivity contribution in [3.8, 4) is 0 Å². The molecule has 0 fully saturated rings. The maximum absolute atomic E-state index is 6.02. The minimum absolute atomic E-state index is 0.00338. The van der Waals surface area contributed by atoms with E-state index in [0.717, 1.165) is 17.5 Å². The van der Waals surface area contributed by atoms with Gasteiger partial charge >= 0.3 is 0 Å². The van der Waals surface area contributed by atoms with Gasteiger partial charge in [0.2, 0.25) is 0 Å². The van der Waals surface area contributed by atoms with Crippen LogP contribution in [0.3, 0.4) is 0 Å². The lowest BCUT2D eigenvalue weighted by Crippen LogP contribution is -2.16. The highest BCUT2D eigenvalue weighted by Gasteiger charge is 2.26. The Balaban J connectivity index is 1.90. The minimum Gasteiger partial charge on any atom is -0.367 e. The first-order valence-electron chi connectivity index (χ1n) is 6.79. The lowest BCUT2D eigenvalue weighted by atomic mass is 9.98. The van der Waals surface area contributed by atoms with Crippen LogP contribution in [0.2, 0.25) is 0 Å². The zero-order valence-electron chi connectivity index (χ0n) is 10.9. The number of aromatic amines is 1. The quantitative estimate of drug-likeness (QED) is 0.694. The van der Waals surface area contributed by atoms with Gasteiger partial charge < -0.3 is 9.72 Å². The van der Waals surface area contributed by atoms with E-state index in [2.05, 4.69) is 63.4 Å². The van der Waals surface area contributed by atoms with E-state index in [-0.39, 0.29) is 6.10 Å². The topological polar surface area (TPSA) is 25.0 Å². The maximum atomic E-state index is 6.02. The Morgan fingerprint density at radius 1 is 1.10 bits per heavy atom. The van der Waals surface area contributed by atoms with Crippen molar-refractivity contribution >= 4 is 26.8 Å². The van der Waals surface area contributed by atoms with E-state index in [1.54, 1.807) is 0 Å². The second-order valence-electron chi connectivity index (χ2n) is 5.12. The summed E-state index contributed by atoms with van der Waals surface area (Å²) in [5.41, 5.74) is 4.99. The van der Waals surface area contributed by atoms with E-state index >= 15 is 0 Å². The number of para-hydroxylation sites is 1. The zero-order chi connectivity index (χ0) is 13.5. The summed E-state index contributed by atoms with van der Waals surface area (Å²) in [4.78, 5) is 3.54. The molecule has 0 aliphatic carbocycles. The van der Waals surface area contributed by atoms with E-state index in [0.29, 0.717) is 0 Å². The van der Waals surface area contributed by atoms with Gasteiger partial charge in [-0.1, -0.05) is 46.3 Å². The molecule has 0 amide bonds. The van der Waals surface area contributed by atoms with Crippen LogP contribution >= 0.6 is 15.9 Å². The van der Waals surface area contributed by atoms with Crippen molar-refractivity contribution in [1.29, 1.82) is 0 Å². The minimum atomic E-state index is 0.00338. The van der Waals surface area contributed by atoms with Crippen LogP contribution in [-0.4, -0.2) is 11.6 Å². The SMILES string of the molecule is Brc1cccc(C2OCCc3c2[nH]c2ccccc32)c1. The molecule has 1 N–H and O–H groups in total. The van der Waals surface area contributed by atoms with Crippen molar-refractivity contribution in [2.45, 2.75) is 12.5 Å². The van der Waals surface area contributed by atoms with Gasteiger partial charge in [0.25, 0.3) is 0 Å². The third-order valence-electron chi connectivity index (χ3n) is 3.90. The van der Waals surface area contributed by atoms with Crippen LogP contribution < -0.4 is 0 Å². The molecule has 1 atom stereocenters. The summed E-state index contributed by atoms with van der Waals surface area (Å²) in [5.74, 6) is 0. The molecule has 1 aliphatic heterocycles. The second-order valence-corrected chi connectivity index (χ2v) is 6.03. The van der Waals surface area contributed by atoms with Crippen molar-refractivity contribution in [3.05, 3.63) is 69.8 Å². The first-order chi connectivity index (χ1) is 9.83. The predicted molar refractivity (Wildman–Crippen MR) is 83.9 cm³/mol. The number of hydrogen-bond acceptors (Lipinski definition) is 1. The number of halogens is 1. The van der Waals surface area contributed by atoms with E-state index < -0.39 is 0 Å². The Hall–Kier alpha value is -1.58. The average molecular weight is 328 g/mol. The van der Waals surface area contributed by atoms with Crippen LogP contribution in [0, 0.1) is 0 Å². The molecule has 100 valence electrons. The number of ether oxygens (including phenoxy) is 1. The van der Waals surface area contributed by atoms with E-state index in [9.17, 15) is 0 Å². The predicted octanol–water partition coefficient (Wildman–Crippen LogP) is 4.59. The Morgan fingerprint density at radius 2 is 2.00 bits per heavy atom. The van der Waals surface area contributed by atoms with Crippen LogP contribution in [0.1, 0.15) is 22.9 Å². The molecule has 0 saturated heterocycles. The summed E-state index contributed by atoms with van der Waals surface area (Å²) in [6.07, 6.45) is 0.979. The molecule has 0 radical (unpaired) electrons. The molecule has 2 heterocycles. The molecule has 1 unspecified atom stereocenters. The Labute approximate surface area is 125 Å². The third-order valence-corrected chi connectivity index (χ3v) is 4.39. The molecule has 0 bridgehead atoms. The second kappa shape index (κ2) is 4.76. The number of fused-ring (bicyclic) bond motifs is 3. The maximum Gasteiger partial charge on any atom is 0.123 e. The van der Waals surface area contributed by atoms with Crippen molar-refractivity contribution in [2.24, 2.45) is 0 Å². The highest BCUT2D eigenvalue weighted by molar-refractivity contribution is 9.10. The van der Waals surface area contributed by atoms with Crippen LogP contribution in [0.15, 0.2) is 53.0 Å². The molecule has 2 aromatic carbocycles. The molecule has 1 aliphatic rings. The van der Waals surface area contributed by atoms with Crippen molar-refractivity contribution in [1.82, 2.24) is 4.98 Å². The lowest BCUT2D eigenvalue weighted by molar-refractivity contribution is 0.0677. The van der Waals surface area contributed by atoms with Crippen LogP contribution in [0.5, 0.6) is 0 Å². The monoisotopic (exact) mass is 327 g/mol. The van der Waals surface area contributed by atoms with Gasteiger partial charge in [0.05, 0.1) is 12.3 Å². The fourth-order valence-electron chi connectivity index (χ4n) is 3.01. The smallest absolute Gasteiger partial charge is 0.123 e. The summed E-state index contributed by atoms with van der Waals surface area (Å²) < 4.78 is 7.11. The molecule has 3 heteroatoms. The zero-order valence-corrected chi connectivity index (χ0v) is 12.5. The summed E-state index contributed by atoms with van der Waals surface area (Å²) >= 11 is 3.54. The lowest BCUT2D eigenvalue weighted by Gasteiger charge is -2.24. The number of benzene rings is 2. The fraction of sp³-hybridized carbons (Fsp3) is 0.176. The number of H-pyrrole nitrogens is 1. The molecule has 0 saturated carbocycles. The van der Waals surface area contributed by atoms with Gasteiger partial charge in [-0.05, 0) is 35.7 Å². The van der Waals surface area contributed by atoms with Crippen molar-refractivity contribution in [2.75, 3.05) is 6.61 Å². The summed E-state index contributed by atoms with van der Waals surface area (Å²) in [7, 11) is 0. The Bertz CT molecular complexity index is 778. The number of rotatable bonds is 1. The molecule has 0 spiro atoms. The Kier molecular flexibility index (Phi) is 2.90. The van der Waals surface area contributed by atoms with Crippen LogP contribution in [0.25, 0.3) is 10.9 Å². The summed E-state index contributed by atoms with van der Waals surface area (Å²) in [6, 6.07) is 16.8. The van der Waals surface area contributed by atoms with Gasteiger partial charge in [-0.2, -0.15) is 0 Å². The van der Waals surface area contributed by atoms with E-state index in [1.165, 1.54) is 27.7 Å². The van der Waals surface area contributed by atoms with Crippen LogP contribution in [0.4, 0.5) is 0 Å². The van der Waals surface area contributed by atoms with Gasteiger partial charge in [0.1, 0.15) is 6.10 Å². The van der Waals surface area contributed by atoms with Crippen molar-refractivity contribution in [3.63, 3.8) is 0 Å². The third kappa shape index (κ3) is 1.89. The standard InChI is InChI=1S/C17H14BrNO/c18-12-5-3-4-11(10-12)17-16-14(8-9-20-17)13-6-1-2-7-15(13)19-16/h1-7,10,17,19H,8-9H2. The molecular formula is C17H14BrNO. The first-order valence-corrected chi connectivity index (χ1v) is 7.59. The Morgan fingerprint density at radius 3 is 2.90 bits per heavy atom. The van der Waals surface area contributed by atoms with Gasteiger partial charge in [0, 0.05) is 15.4 Å². The largest absolute Gasteiger partial charge is 0.367 e. The summed E-state index contributed by atoms with van der Waals surface area (Å²) in [5, 5.41) is 1.32. The van der Waals surface area contributed by atoms with Gasteiger partial charge in [0.15, 0.2) is 0 Å². The fourth-order valence-corrected chi connectivity index (χ4v) is 3.43. The molecule has 1 aromatic heterocycles. The highest BCUT2D eigenvalue weighted by atomic mass is 79.9.